The predicted molar refractivity (Wildman–Crippen MR) is 125 cm³/mol. The van der Waals surface area contributed by atoms with Crippen LogP contribution >= 0.6 is 0 Å². The largest absolute Gasteiger partial charge is 0.389 e. The molecule has 2 aliphatic heterocycles. The standard InChI is InChI=1S/C26H48O5/c1-4-5-10-16-23-24(31-26(2,3)30-23)19-18-22(27)15-11-8-6-7-9-13-20-28-25-17-12-14-21-29-25/h18-19,22-25,27H,4-17,20-21H2,1-3H3/b19-18+/t22-,23+,24+,25?/m1/s1. The lowest BCUT2D eigenvalue weighted by molar-refractivity contribution is -0.162. The Balaban J connectivity index is 1.48. The highest BCUT2D eigenvalue weighted by Crippen LogP contribution is 2.31. The van der Waals surface area contributed by atoms with Crippen LogP contribution in [-0.2, 0) is 18.9 Å². The van der Waals surface area contributed by atoms with Crippen LogP contribution in [0.1, 0.15) is 111 Å². The van der Waals surface area contributed by atoms with Crippen molar-refractivity contribution < 1.29 is 24.1 Å². The highest BCUT2D eigenvalue weighted by molar-refractivity contribution is 5.00. The lowest BCUT2D eigenvalue weighted by Gasteiger charge is -2.22. The Morgan fingerprint density at radius 2 is 1.77 bits per heavy atom. The summed E-state index contributed by atoms with van der Waals surface area (Å²) in [7, 11) is 0. The third kappa shape index (κ3) is 11.8. The van der Waals surface area contributed by atoms with Crippen LogP contribution in [-0.4, -0.2) is 48.7 Å². The maximum absolute atomic E-state index is 10.3. The summed E-state index contributed by atoms with van der Waals surface area (Å²) in [6.45, 7) is 7.83. The van der Waals surface area contributed by atoms with Crippen molar-refractivity contribution in [1.82, 2.24) is 0 Å². The first-order valence-corrected chi connectivity index (χ1v) is 13.0. The summed E-state index contributed by atoms with van der Waals surface area (Å²) in [5, 5.41) is 10.3. The molecule has 0 spiro atoms. The van der Waals surface area contributed by atoms with Gasteiger partial charge in [-0.15, -0.1) is 0 Å². The summed E-state index contributed by atoms with van der Waals surface area (Å²) in [6, 6.07) is 0. The van der Waals surface area contributed by atoms with Crippen molar-refractivity contribution in [3.8, 4) is 0 Å². The molecule has 0 aromatic heterocycles. The van der Waals surface area contributed by atoms with Crippen molar-refractivity contribution in [2.75, 3.05) is 13.2 Å². The molecular formula is C26H48O5. The third-order valence-corrected chi connectivity index (χ3v) is 6.17. The number of aliphatic hydroxyl groups is 1. The van der Waals surface area contributed by atoms with Crippen molar-refractivity contribution >= 4 is 0 Å². The van der Waals surface area contributed by atoms with Gasteiger partial charge in [-0.2, -0.15) is 0 Å². The number of unbranched alkanes of at least 4 members (excludes halogenated alkanes) is 7. The molecule has 0 aliphatic carbocycles. The van der Waals surface area contributed by atoms with Gasteiger partial charge >= 0.3 is 0 Å². The summed E-state index contributed by atoms with van der Waals surface area (Å²) in [4.78, 5) is 0. The SMILES string of the molecule is CCCCC[C@@H]1OC(C)(C)O[C@H]1/C=C/[C@H](O)CCCCCCCCOC1CCCCO1. The van der Waals surface area contributed by atoms with Crippen LogP contribution in [0.5, 0.6) is 0 Å². The van der Waals surface area contributed by atoms with E-state index in [9.17, 15) is 5.11 Å². The minimum atomic E-state index is -0.536. The summed E-state index contributed by atoms with van der Waals surface area (Å²) >= 11 is 0. The quantitative estimate of drug-likeness (QED) is 0.226. The average Bonchev–Trinajstić information content (AvgIpc) is 3.05. The molecule has 5 heteroatoms. The molecular weight excluding hydrogens is 392 g/mol. The van der Waals surface area contributed by atoms with E-state index in [-0.39, 0.29) is 18.5 Å². The molecule has 2 heterocycles. The summed E-state index contributed by atoms with van der Waals surface area (Å²) in [5.74, 6) is -0.536. The molecule has 0 radical (unpaired) electrons. The van der Waals surface area contributed by atoms with E-state index in [1.807, 2.05) is 26.0 Å². The molecule has 2 fully saturated rings. The highest BCUT2D eigenvalue weighted by Gasteiger charge is 2.39. The fourth-order valence-electron chi connectivity index (χ4n) is 4.40. The van der Waals surface area contributed by atoms with Crippen LogP contribution in [0.2, 0.25) is 0 Å². The van der Waals surface area contributed by atoms with Gasteiger partial charge in [0.1, 0.15) is 6.10 Å². The first-order chi connectivity index (χ1) is 15.0. The van der Waals surface area contributed by atoms with Gasteiger partial charge in [0.2, 0.25) is 0 Å². The van der Waals surface area contributed by atoms with E-state index in [4.69, 9.17) is 18.9 Å². The Hall–Kier alpha value is -0.460. The number of hydrogen-bond donors (Lipinski definition) is 1. The van der Waals surface area contributed by atoms with E-state index in [0.29, 0.717) is 0 Å². The van der Waals surface area contributed by atoms with E-state index in [2.05, 4.69) is 6.92 Å². The molecule has 0 saturated carbocycles. The van der Waals surface area contributed by atoms with Crippen LogP contribution < -0.4 is 0 Å². The summed E-state index contributed by atoms with van der Waals surface area (Å²) < 4.78 is 23.5. The van der Waals surface area contributed by atoms with Gasteiger partial charge in [0, 0.05) is 13.2 Å². The van der Waals surface area contributed by atoms with Gasteiger partial charge in [0.05, 0.1) is 12.2 Å². The molecule has 2 rings (SSSR count). The Bertz CT molecular complexity index is 472. The average molecular weight is 441 g/mol. The van der Waals surface area contributed by atoms with Crippen molar-refractivity contribution in [1.29, 1.82) is 0 Å². The third-order valence-electron chi connectivity index (χ3n) is 6.17. The second-order valence-corrected chi connectivity index (χ2v) is 9.66. The van der Waals surface area contributed by atoms with E-state index in [0.717, 1.165) is 51.7 Å². The number of aliphatic hydroxyl groups excluding tert-OH is 1. The van der Waals surface area contributed by atoms with Crippen molar-refractivity contribution in [2.24, 2.45) is 0 Å². The fraction of sp³-hybridized carbons (Fsp3) is 0.923. The van der Waals surface area contributed by atoms with E-state index >= 15 is 0 Å². The Morgan fingerprint density at radius 3 is 2.52 bits per heavy atom. The molecule has 0 amide bonds. The molecule has 0 bridgehead atoms. The van der Waals surface area contributed by atoms with Gasteiger partial charge in [-0.3, -0.25) is 0 Å². The second-order valence-electron chi connectivity index (χ2n) is 9.66. The van der Waals surface area contributed by atoms with Gasteiger partial charge < -0.3 is 24.1 Å². The van der Waals surface area contributed by atoms with Crippen molar-refractivity contribution in [2.45, 2.75) is 141 Å². The molecule has 182 valence electrons. The zero-order valence-corrected chi connectivity index (χ0v) is 20.4. The number of rotatable bonds is 16. The monoisotopic (exact) mass is 440 g/mol. The molecule has 2 saturated heterocycles. The molecule has 5 nitrogen and oxygen atoms in total. The van der Waals surface area contributed by atoms with Crippen LogP contribution in [0, 0.1) is 0 Å². The maximum atomic E-state index is 10.3. The normalized spacial score (nSPS) is 27.2. The molecule has 1 N–H and O–H groups in total. The van der Waals surface area contributed by atoms with Gasteiger partial charge in [-0.1, -0.05) is 70.4 Å². The smallest absolute Gasteiger partial charge is 0.164 e. The first kappa shape index (κ1) is 26.8. The lowest BCUT2D eigenvalue weighted by atomic mass is 10.0. The van der Waals surface area contributed by atoms with Gasteiger partial charge in [0.15, 0.2) is 12.1 Å². The van der Waals surface area contributed by atoms with E-state index in [1.54, 1.807) is 0 Å². The minimum absolute atomic E-state index is 0.0437. The fourth-order valence-corrected chi connectivity index (χ4v) is 4.40. The number of ether oxygens (including phenoxy) is 4. The molecule has 4 atom stereocenters. The molecule has 0 aromatic rings. The molecule has 0 aromatic carbocycles. The molecule has 1 unspecified atom stereocenters. The number of hydrogen-bond acceptors (Lipinski definition) is 5. The Kier molecular flexibility index (Phi) is 13.3. The highest BCUT2D eigenvalue weighted by atomic mass is 16.7. The predicted octanol–water partition coefficient (Wildman–Crippen LogP) is 6.28. The van der Waals surface area contributed by atoms with Crippen LogP contribution in [0.25, 0.3) is 0 Å². The van der Waals surface area contributed by atoms with Crippen molar-refractivity contribution in [3.05, 3.63) is 12.2 Å². The molecule has 2 aliphatic rings. The zero-order valence-electron chi connectivity index (χ0n) is 20.4. The van der Waals surface area contributed by atoms with Crippen LogP contribution in [0.4, 0.5) is 0 Å². The van der Waals surface area contributed by atoms with E-state index < -0.39 is 11.9 Å². The van der Waals surface area contributed by atoms with Gasteiger partial charge in [-0.25, -0.2) is 0 Å². The Labute approximate surface area is 190 Å². The van der Waals surface area contributed by atoms with Gasteiger partial charge in [0.25, 0.3) is 0 Å². The lowest BCUT2D eigenvalue weighted by Crippen LogP contribution is -2.22. The van der Waals surface area contributed by atoms with Crippen molar-refractivity contribution in [3.63, 3.8) is 0 Å². The molecule has 31 heavy (non-hydrogen) atoms. The summed E-state index contributed by atoms with van der Waals surface area (Å²) in [6.07, 6.45) is 19.5. The van der Waals surface area contributed by atoms with Gasteiger partial charge in [-0.05, 0) is 52.4 Å². The summed E-state index contributed by atoms with van der Waals surface area (Å²) in [5.41, 5.74) is 0. The topological polar surface area (TPSA) is 57.2 Å². The maximum Gasteiger partial charge on any atom is 0.164 e. The van der Waals surface area contributed by atoms with E-state index in [1.165, 1.54) is 51.4 Å². The first-order valence-electron chi connectivity index (χ1n) is 13.0. The Morgan fingerprint density at radius 1 is 1.00 bits per heavy atom. The second kappa shape index (κ2) is 15.4. The minimum Gasteiger partial charge on any atom is -0.389 e. The van der Waals surface area contributed by atoms with Crippen LogP contribution in [0.3, 0.4) is 0 Å². The van der Waals surface area contributed by atoms with Crippen LogP contribution in [0.15, 0.2) is 12.2 Å². The zero-order chi connectivity index (χ0) is 22.4.